The van der Waals surface area contributed by atoms with Crippen LogP contribution in [0.1, 0.15) is 33.2 Å². The van der Waals surface area contributed by atoms with Gasteiger partial charge in [0.2, 0.25) is 0 Å². The number of hydrogen-bond acceptors (Lipinski definition) is 5. The fourth-order valence-corrected chi connectivity index (χ4v) is 2.51. The Morgan fingerprint density at radius 2 is 2.00 bits per heavy atom. The minimum atomic E-state index is -4.49. The molecule has 0 unspecified atom stereocenters. The zero-order chi connectivity index (χ0) is 17.3. The number of halogens is 3. The largest absolute Gasteiger partial charge is 0.417 e. The van der Waals surface area contributed by atoms with Crippen LogP contribution >= 0.6 is 0 Å². The van der Waals surface area contributed by atoms with Crippen LogP contribution in [0.4, 0.5) is 13.2 Å². The van der Waals surface area contributed by atoms with Crippen molar-refractivity contribution in [3.05, 3.63) is 65.0 Å². The topological polar surface area (TPSA) is 68.4 Å². The first-order valence-corrected chi connectivity index (χ1v) is 7.18. The zero-order valence-electron chi connectivity index (χ0n) is 12.5. The number of carbonyl (C=O) groups is 1. The van der Waals surface area contributed by atoms with Crippen molar-refractivity contribution in [1.29, 1.82) is 0 Å². The monoisotopic (exact) mass is 337 g/mol. The second-order valence-electron chi connectivity index (χ2n) is 5.44. The lowest BCUT2D eigenvalue weighted by molar-refractivity contribution is -0.139. The van der Waals surface area contributed by atoms with Gasteiger partial charge < -0.3 is 10.6 Å². The summed E-state index contributed by atoms with van der Waals surface area (Å²) in [6, 6.07) is 8.66. The highest BCUT2D eigenvalue weighted by molar-refractivity contribution is 5.89. The molecule has 0 saturated carbocycles. The molecule has 0 saturated heterocycles. The predicted molar refractivity (Wildman–Crippen MR) is 78.4 cm³/mol. The number of hydrogen-bond donors (Lipinski definition) is 1. The zero-order valence-corrected chi connectivity index (χ0v) is 12.5. The molecular formula is C16H14F3N3O2. The van der Waals surface area contributed by atoms with Crippen LogP contribution in [0, 0.1) is 0 Å². The first-order valence-electron chi connectivity index (χ1n) is 7.18. The Labute approximate surface area is 135 Å². The molecule has 2 aromatic rings. The molecule has 0 fully saturated rings. The summed E-state index contributed by atoms with van der Waals surface area (Å²) in [6.45, 7) is 0.155. The summed E-state index contributed by atoms with van der Waals surface area (Å²) in [7, 11) is 0. The molecule has 2 N–H and O–H groups in total. The average molecular weight is 337 g/mol. The van der Waals surface area contributed by atoms with E-state index in [9.17, 15) is 18.0 Å². The Morgan fingerprint density at radius 3 is 2.67 bits per heavy atom. The Bertz CT molecular complexity index is 750. The second-order valence-corrected chi connectivity index (χ2v) is 5.44. The molecule has 24 heavy (non-hydrogen) atoms. The van der Waals surface area contributed by atoms with Gasteiger partial charge >= 0.3 is 12.1 Å². The molecule has 1 aliphatic heterocycles. The van der Waals surface area contributed by atoms with Gasteiger partial charge in [0.15, 0.2) is 0 Å². The van der Waals surface area contributed by atoms with Crippen LogP contribution in [0.25, 0.3) is 0 Å². The average Bonchev–Trinajstić information content (AvgIpc) is 2.54. The third kappa shape index (κ3) is 3.39. The molecule has 1 aliphatic rings. The quantitative estimate of drug-likeness (QED) is 0.912. The van der Waals surface area contributed by atoms with E-state index in [2.05, 4.69) is 4.98 Å². The lowest BCUT2D eigenvalue weighted by Gasteiger charge is -2.30. The molecule has 0 bridgehead atoms. The Kier molecular flexibility index (Phi) is 4.25. The standard InChI is InChI=1S/C16H14F3N3O2/c17-16(18,19)12-6-11-8-22(9-13(20)14(11)21-7-12)24-15(23)10-4-2-1-3-5-10/h1-7,13H,8-9,20H2/t13-/m1/s1. The van der Waals surface area contributed by atoms with Crippen molar-refractivity contribution in [3.63, 3.8) is 0 Å². The number of benzene rings is 1. The van der Waals surface area contributed by atoms with E-state index in [0.717, 1.165) is 12.3 Å². The number of pyridine rings is 1. The lowest BCUT2D eigenvalue weighted by Crippen LogP contribution is -2.39. The SMILES string of the molecule is N[C@@H]1CN(OC(=O)c2ccccc2)Cc2cc(C(F)(F)F)cnc21. The van der Waals surface area contributed by atoms with E-state index in [4.69, 9.17) is 10.6 Å². The fourth-order valence-electron chi connectivity index (χ4n) is 2.51. The van der Waals surface area contributed by atoms with Crippen molar-refractivity contribution < 1.29 is 22.8 Å². The Balaban J connectivity index is 1.79. The van der Waals surface area contributed by atoms with Gasteiger partial charge in [-0.2, -0.15) is 13.2 Å². The number of alkyl halides is 3. The number of hydroxylamine groups is 2. The van der Waals surface area contributed by atoms with E-state index in [0.29, 0.717) is 16.8 Å². The number of aromatic nitrogens is 1. The molecule has 1 aromatic carbocycles. The van der Waals surface area contributed by atoms with Crippen LogP contribution in [0.15, 0.2) is 42.6 Å². The minimum Gasteiger partial charge on any atom is -0.363 e. The van der Waals surface area contributed by atoms with Gasteiger partial charge in [0, 0.05) is 6.20 Å². The molecule has 1 atom stereocenters. The smallest absolute Gasteiger partial charge is 0.363 e. The summed E-state index contributed by atoms with van der Waals surface area (Å²) in [4.78, 5) is 21.1. The predicted octanol–water partition coefficient (Wildman–Crippen LogP) is 2.69. The number of fused-ring (bicyclic) bond motifs is 1. The molecule has 126 valence electrons. The Hall–Kier alpha value is -2.45. The number of nitrogens with zero attached hydrogens (tertiary/aromatic N) is 2. The van der Waals surface area contributed by atoms with Crippen molar-refractivity contribution >= 4 is 5.97 Å². The second kappa shape index (κ2) is 6.21. The highest BCUT2D eigenvalue weighted by Crippen LogP contribution is 2.32. The summed E-state index contributed by atoms with van der Waals surface area (Å²) >= 11 is 0. The van der Waals surface area contributed by atoms with E-state index >= 15 is 0 Å². The van der Waals surface area contributed by atoms with E-state index in [1.165, 1.54) is 5.06 Å². The molecule has 5 nitrogen and oxygen atoms in total. The normalized spacial score (nSPS) is 18.1. The van der Waals surface area contributed by atoms with Crippen LogP contribution in [0.2, 0.25) is 0 Å². The fraction of sp³-hybridized carbons (Fsp3) is 0.250. The maximum atomic E-state index is 12.8. The van der Waals surface area contributed by atoms with Crippen LogP contribution in [-0.2, 0) is 17.6 Å². The van der Waals surface area contributed by atoms with Crippen molar-refractivity contribution in [1.82, 2.24) is 10.0 Å². The van der Waals surface area contributed by atoms with Crippen molar-refractivity contribution in [2.24, 2.45) is 5.73 Å². The van der Waals surface area contributed by atoms with Crippen molar-refractivity contribution in [3.8, 4) is 0 Å². The molecule has 8 heteroatoms. The van der Waals surface area contributed by atoms with E-state index in [-0.39, 0.29) is 13.1 Å². The number of carbonyl (C=O) groups excluding carboxylic acids is 1. The summed E-state index contributed by atoms with van der Waals surface area (Å²) in [6.07, 6.45) is -3.72. The van der Waals surface area contributed by atoms with Gasteiger partial charge in [-0.15, -0.1) is 5.06 Å². The van der Waals surface area contributed by atoms with Gasteiger partial charge in [0.05, 0.1) is 36.0 Å². The van der Waals surface area contributed by atoms with E-state index in [1.807, 2.05) is 0 Å². The molecule has 0 spiro atoms. The van der Waals surface area contributed by atoms with E-state index in [1.54, 1.807) is 30.3 Å². The van der Waals surface area contributed by atoms with Gasteiger partial charge in [-0.1, -0.05) is 18.2 Å². The third-order valence-electron chi connectivity index (χ3n) is 3.65. The van der Waals surface area contributed by atoms with Gasteiger partial charge in [-0.25, -0.2) is 4.79 Å². The number of nitrogens with two attached hydrogens (primary N) is 1. The van der Waals surface area contributed by atoms with Gasteiger partial charge in [0.1, 0.15) is 0 Å². The van der Waals surface area contributed by atoms with Crippen LogP contribution in [-0.4, -0.2) is 22.6 Å². The first-order chi connectivity index (χ1) is 11.3. The summed E-state index contributed by atoms with van der Waals surface area (Å²) in [5.41, 5.74) is 6.10. The minimum absolute atomic E-state index is 0.00146. The summed E-state index contributed by atoms with van der Waals surface area (Å²) in [5.74, 6) is -0.591. The first kappa shape index (κ1) is 16.4. The molecule has 0 aliphatic carbocycles. The van der Waals surface area contributed by atoms with E-state index < -0.39 is 23.8 Å². The van der Waals surface area contributed by atoms with Gasteiger partial charge in [0.25, 0.3) is 0 Å². The van der Waals surface area contributed by atoms with Crippen LogP contribution in [0.5, 0.6) is 0 Å². The van der Waals surface area contributed by atoms with Crippen LogP contribution in [0.3, 0.4) is 0 Å². The lowest BCUT2D eigenvalue weighted by atomic mass is 10.0. The summed E-state index contributed by atoms with van der Waals surface area (Å²) < 4.78 is 38.4. The molecule has 0 amide bonds. The van der Waals surface area contributed by atoms with Gasteiger partial charge in [-0.05, 0) is 23.8 Å². The Morgan fingerprint density at radius 1 is 1.29 bits per heavy atom. The van der Waals surface area contributed by atoms with Crippen molar-refractivity contribution in [2.75, 3.05) is 6.54 Å². The third-order valence-corrected chi connectivity index (χ3v) is 3.65. The van der Waals surface area contributed by atoms with Gasteiger partial charge in [-0.3, -0.25) is 4.98 Å². The number of rotatable bonds is 2. The van der Waals surface area contributed by atoms with Crippen molar-refractivity contribution in [2.45, 2.75) is 18.8 Å². The molecule has 0 radical (unpaired) electrons. The molecule has 1 aromatic heterocycles. The maximum Gasteiger partial charge on any atom is 0.417 e. The molecule has 3 rings (SSSR count). The molecular weight excluding hydrogens is 323 g/mol. The highest BCUT2D eigenvalue weighted by Gasteiger charge is 2.34. The summed E-state index contributed by atoms with van der Waals surface area (Å²) in [5, 5.41) is 1.25. The molecule has 2 heterocycles. The van der Waals surface area contributed by atoms with Crippen LogP contribution < -0.4 is 5.73 Å². The maximum absolute atomic E-state index is 12.8. The highest BCUT2D eigenvalue weighted by atomic mass is 19.4.